The second-order valence-corrected chi connectivity index (χ2v) is 5.70. The first-order valence-electron chi connectivity index (χ1n) is 7.87. The first-order chi connectivity index (χ1) is 10.7. The van der Waals surface area contributed by atoms with Crippen LogP contribution in [0, 0.1) is 16.0 Å². The lowest BCUT2D eigenvalue weighted by Gasteiger charge is -2.11. The molecule has 1 fully saturated rings. The normalized spacial score (nSPS) is 14.0. The van der Waals surface area contributed by atoms with Crippen LogP contribution in [-0.4, -0.2) is 31.0 Å². The third kappa shape index (κ3) is 7.62. The van der Waals surface area contributed by atoms with Crippen molar-refractivity contribution in [3.05, 3.63) is 39.9 Å². The molecule has 7 heteroatoms. The molecule has 6 nitrogen and oxygen atoms in total. The van der Waals surface area contributed by atoms with E-state index in [1.165, 1.54) is 12.8 Å². The van der Waals surface area contributed by atoms with E-state index in [2.05, 4.69) is 15.6 Å². The van der Waals surface area contributed by atoms with Gasteiger partial charge in [-0.3, -0.25) is 15.1 Å². The molecule has 0 aliphatic heterocycles. The molecule has 0 unspecified atom stereocenters. The molecule has 2 rings (SSSR count). The van der Waals surface area contributed by atoms with Crippen LogP contribution in [0.2, 0.25) is 0 Å². The molecule has 0 heterocycles. The van der Waals surface area contributed by atoms with Crippen molar-refractivity contribution in [3.63, 3.8) is 0 Å². The summed E-state index contributed by atoms with van der Waals surface area (Å²) in [5, 5.41) is 17.2. The molecular formula is C16H25IN4O2. The number of non-ortho nitro benzene ring substituents is 1. The van der Waals surface area contributed by atoms with Crippen molar-refractivity contribution in [1.29, 1.82) is 0 Å². The Labute approximate surface area is 154 Å². The highest BCUT2D eigenvalue weighted by Gasteiger charge is 2.20. The fraction of sp³-hybridized carbons (Fsp3) is 0.562. The molecule has 0 amide bonds. The number of benzene rings is 1. The van der Waals surface area contributed by atoms with Gasteiger partial charge in [0.05, 0.1) is 4.92 Å². The highest BCUT2D eigenvalue weighted by atomic mass is 127. The van der Waals surface area contributed by atoms with E-state index in [0.29, 0.717) is 0 Å². The van der Waals surface area contributed by atoms with E-state index in [0.717, 1.165) is 49.8 Å². The van der Waals surface area contributed by atoms with Crippen LogP contribution in [0.25, 0.3) is 0 Å². The Balaban J connectivity index is 0.00000264. The van der Waals surface area contributed by atoms with Gasteiger partial charge in [-0.25, -0.2) is 0 Å². The Bertz CT molecular complexity index is 515. The zero-order valence-electron chi connectivity index (χ0n) is 13.5. The van der Waals surface area contributed by atoms with Gasteiger partial charge in [0.1, 0.15) is 0 Å². The van der Waals surface area contributed by atoms with Gasteiger partial charge in [-0.1, -0.05) is 12.1 Å². The highest BCUT2D eigenvalue weighted by Crippen LogP contribution is 2.27. The fourth-order valence-electron chi connectivity index (χ4n) is 2.23. The van der Waals surface area contributed by atoms with E-state index in [4.69, 9.17) is 0 Å². The maximum Gasteiger partial charge on any atom is 0.269 e. The number of guanidine groups is 1. The number of aryl methyl sites for hydroxylation is 1. The second-order valence-electron chi connectivity index (χ2n) is 5.70. The fourth-order valence-corrected chi connectivity index (χ4v) is 2.23. The molecule has 0 aromatic heterocycles. The smallest absolute Gasteiger partial charge is 0.269 e. The summed E-state index contributed by atoms with van der Waals surface area (Å²) in [4.78, 5) is 14.4. The van der Waals surface area contributed by atoms with Gasteiger partial charge < -0.3 is 10.6 Å². The third-order valence-corrected chi connectivity index (χ3v) is 3.81. The molecule has 1 aromatic carbocycles. The van der Waals surface area contributed by atoms with Gasteiger partial charge in [0.15, 0.2) is 5.96 Å². The van der Waals surface area contributed by atoms with Crippen LogP contribution in [0.3, 0.4) is 0 Å². The summed E-state index contributed by atoms with van der Waals surface area (Å²) in [5.41, 5.74) is 1.29. The summed E-state index contributed by atoms with van der Waals surface area (Å²) in [5.74, 6) is 1.71. The van der Waals surface area contributed by atoms with Crippen molar-refractivity contribution < 1.29 is 4.92 Å². The largest absolute Gasteiger partial charge is 0.356 e. The molecule has 0 atom stereocenters. The highest BCUT2D eigenvalue weighted by molar-refractivity contribution is 14.0. The molecule has 0 bridgehead atoms. The Hall–Kier alpha value is -1.38. The number of aliphatic imine (C=N–C) groups is 1. The topological polar surface area (TPSA) is 79.6 Å². The average molecular weight is 432 g/mol. The number of nitro groups is 1. The van der Waals surface area contributed by atoms with Crippen LogP contribution in [0.4, 0.5) is 5.69 Å². The van der Waals surface area contributed by atoms with E-state index >= 15 is 0 Å². The van der Waals surface area contributed by atoms with E-state index in [-0.39, 0.29) is 34.6 Å². The van der Waals surface area contributed by atoms with E-state index < -0.39 is 0 Å². The minimum Gasteiger partial charge on any atom is -0.356 e. The summed E-state index contributed by atoms with van der Waals surface area (Å²) < 4.78 is 0. The first-order valence-corrected chi connectivity index (χ1v) is 7.87. The zero-order valence-corrected chi connectivity index (χ0v) is 15.8. The molecular weight excluding hydrogens is 407 g/mol. The van der Waals surface area contributed by atoms with Crippen molar-refractivity contribution in [2.75, 3.05) is 20.1 Å². The lowest BCUT2D eigenvalue weighted by atomic mass is 10.1. The minimum absolute atomic E-state index is 0. The van der Waals surface area contributed by atoms with Gasteiger partial charge >= 0.3 is 0 Å². The minimum atomic E-state index is -0.367. The number of unbranched alkanes of at least 4 members (excludes halogenated alkanes) is 1. The summed E-state index contributed by atoms with van der Waals surface area (Å²) in [7, 11) is 1.79. The monoisotopic (exact) mass is 432 g/mol. The van der Waals surface area contributed by atoms with E-state index in [1.54, 1.807) is 19.2 Å². The van der Waals surface area contributed by atoms with Crippen LogP contribution in [0.5, 0.6) is 0 Å². The van der Waals surface area contributed by atoms with Crippen LogP contribution < -0.4 is 10.6 Å². The number of rotatable bonds is 8. The van der Waals surface area contributed by atoms with Crippen molar-refractivity contribution >= 4 is 35.6 Å². The Morgan fingerprint density at radius 2 is 1.96 bits per heavy atom. The number of nitrogens with one attached hydrogen (secondary N) is 2. The van der Waals surface area contributed by atoms with Gasteiger partial charge in [-0.2, -0.15) is 0 Å². The average Bonchev–Trinajstić information content (AvgIpc) is 3.34. The van der Waals surface area contributed by atoms with Crippen molar-refractivity contribution in [2.45, 2.75) is 32.1 Å². The Morgan fingerprint density at radius 3 is 2.52 bits per heavy atom. The molecule has 1 aliphatic rings. The van der Waals surface area contributed by atoms with Crippen LogP contribution in [0.15, 0.2) is 29.3 Å². The Morgan fingerprint density at radius 1 is 1.26 bits per heavy atom. The van der Waals surface area contributed by atoms with Gasteiger partial charge in [0, 0.05) is 32.3 Å². The number of halogens is 1. The second kappa shape index (κ2) is 10.4. The molecule has 128 valence electrons. The van der Waals surface area contributed by atoms with Crippen molar-refractivity contribution in [3.8, 4) is 0 Å². The molecule has 0 saturated heterocycles. The summed E-state index contributed by atoms with van der Waals surface area (Å²) in [6.45, 7) is 1.90. The maximum atomic E-state index is 10.6. The Kier molecular flexibility index (Phi) is 8.90. The SMILES string of the molecule is CN=C(NCCCCc1ccc([N+](=O)[O-])cc1)NCC1CC1.I. The molecule has 23 heavy (non-hydrogen) atoms. The maximum absolute atomic E-state index is 10.6. The number of hydrogen-bond donors (Lipinski definition) is 2. The van der Waals surface area contributed by atoms with Gasteiger partial charge in [-0.05, 0) is 43.6 Å². The molecule has 2 N–H and O–H groups in total. The van der Waals surface area contributed by atoms with E-state index in [9.17, 15) is 10.1 Å². The summed E-state index contributed by atoms with van der Waals surface area (Å²) in [6.07, 6.45) is 5.69. The lowest BCUT2D eigenvalue weighted by Crippen LogP contribution is -2.38. The first kappa shape index (κ1) is 19.7. The third-order valence-electron chi connectivity index (χ3n) is 3.81. The standard InChI is InChI=1S/C16H24N4O2.HI/c1-17-16(19-12-14-5-6-14)18-11-3-2-4-13-7-9-15(10-8-13)20(21)22;/h7-10,14H,2-6,11-12H2,1H3,(H2,17,18,19);1H. The molecule has 0 radical (unpaired) electrons. The predicted molar refractivity (Wildman–Crippen MR) is 104 cm³/mol. The molecule has 1 aromatic rings. The van der Waals surface area contributed by atoms with Gasteiger partial charge in [0.2, 0.25) is 0 Å². The number of hydrogen-bond acceptors (Lipinski definition) is 3. The number of nitrogens with zero attached hydrogens (tertiary/aromatic N) is 2. The number of nitro benzene ring substituents is 1. The molecule has 1 saturated carbocycles. The zero-order chi connectivity index (χ0) is 15.8. The van der Waals surface area contributed by atoms with Crippen LogP contribution >= 0.6 is 24.0 Å². The summed E-state index contributed by atoms with van der Waals surface area (Å²) in [6, 6.07) is 6.80. The lowest BCUT2D eigenvalue weighted by molar-refractivity contribution is -0.384. The van der Waals surface area contributed by atoms with Gasteiger partial charge in [-0.15, -0.1) is 24.0 Å². The quantitative estimate of drug-likeness (QED) is 0.165. The van der Waals surface area contributed by atoms with Crippen LogP contribution in [-0.2, 0) is 6.42 Å². The van der Waals surface area contributed by atoms with Crippen molar-refractivity contribution in [2.24, 2.45) is 10.9 Å². The van der Waals surface area contributed by atoms with Gasteiger partial charge in [0.25, 0.3) is 5.69 Å². The van der Waals surface area contributed by atoms with E-state index in [1.807, 2.05) is 12.1 Å². The van der Waals surface area contributed by atoms with Crippen LogP contribution in [0.1, 0.15) is 31.2 Å². The predicted octanol–water partition coefficient (Wildman–Crippen LogP) is 3.11. The summed E-state index contributed by atoms with van der Waals surface area (Å²) >= 11 is 0. The van der Waals surface area contributed by atoms with Crippen molar-refractivity contribution in [1.82, 2.24) is 10.6 Å². The molecule has 1 aliphatic carbocycles. The molecule has 0 spiro atoms.